The fourth-order valence-corrected chi connectivity index (χ4v) is 5.03. The molecule has 31 heavy (non-hydrogen) atoms. The van der Waals surface area contributed by atoms with E-state index in [1.165, 1.54) is 4.31 Å². The molecule has 0 saturated heterocycles. The van der Waals surface area contributed by atoms with Gasteiger partial charge in [0.2, 0.25) is 10.0 Å². The van der Waals surface area contributed by atoms with Crippen LogP contribution in [0.4, 0.5) is 0 Å². The Balaban J connectivity index is 1.86. The lowest BCUT2D eigenvalue weighted by molar-refractivity contribution is 0.423. The Morgan fingerprint density at radius 3 is 2.23 bits per heavy atom. The summed E-state index contributed by atoms with van der Waals surface area (Å²) < 4.78 is 27.7. The van der Waals surface area contributed by atoms with Crippen LogP contribution in [0.1, 0.15) is 40.4 Å². The molecule has 1 aromatic heterocycles. The summed E-state index contributed by atoms with van der Waals surface area (Å²) in [6, 6.07) is 18.2. The Labute approximate surface area is 182 Å². The number of benzene rings is 2. The number of hydrogen-bond acceptors (Lipinski definition) is 4. The largest absolute Gasteiger partial charge is 0.325 e. The summed E-state index contributed by atoms with van der Waals surface area (Å²) in [5, 5.41) is 9.25. The van der Waals surface area contributed by atoms with E-state index in [9.17, 15) is 18.5 Å². The summed E-state index contributed by atoms with van der Waals surface area (Å²) in [7, 11) is -3.63. The summed E-state index contributed by atoms with van der Waals surface area (Å²) in [5.74, 6) is 0. The fourth-order valence-electron chi connectivity index (χ4n) is 3.60. The Morgan fingerprint density at radius 2 is 1.65 bits per heavy atom. The number of nitrogens with zero attached hydrogens (tertiary/aromatic N) is 2. The Kier molecular flexibility index (Phi) is 6.74. The van der Waals surface area contributed by atoms with Crippen LogP contribution in [-0.2, 0) is 23.0 Å². The van der Waals surface area contributed by atoms with E-state index in [0.717, 1.165) is 16.7 Å². The molecule has 2 aromatic carbocycles. The monoisotopic (exact) mass is 435 g/mol. The highest BCUT2D eigenvalue weighted by atomic mass is 32.2. The van der Waals surface area contributed by atoms with Gasteiger partial charge in [-0.3, -0.25) is 4.79 Å². The van der Waals surface area contributed by atoms with Crippen molar-refractivity contribution in [1.29, 1.82) is 5.26 Å². The van der Waals surface area contributed by atoms with Crippen LogP contribution in [0.5, 0.6) is 0 Å². The molecule has 0 aliphatic heterocycles. The first-order valence-electron chi connectivity index (χ1n) is 10.0. The van der Waals surface area contributed by atoms with E-state index in [0.29, 0.717) is 30.8 Å². The van der Waals surface area contributed by atoms with E-state index < -0.39 is 10.0 Å². The second kappa shape index (κ2) is 9.29. The zero-order chi connectivity index (χ0) is 22.6. The van der Waals surface area contributed by atoms with Crippen molar-refractivity contribution in [3.05, 3.63) is 98.5 Å². The molecular formula is C24H25N3O3S. The van der Waals surface area contributed by atoms with Crippen molar-refractivity contribution in [3.8, 4) is 6.07 Å². The van der Waals surface area contributed by atoms with Crippen molar-refractivity contribution in [2.45, 2.75) is 38.6 Å². The van der Waals surface area contributed by atoms with Gasteiger partial charge in [0, 0.05) is 18.8 Å². The summed E-state index contributed by atoms with van der Waals surface area (Å²) in [4.78, 5) is 14.9. The van der Waals surface area contributed by atoms with Gasteiger partial charge in [0.05, 0.1) is 4.90 Å². The van der Waals surface area contributed by atoms with Crippen molar-refractivity contribution in [2.24, 2.45) is 0 Å². The maximum absolute atomic E-state index is 13.1. The van der Waals surface area contributed by atoms with Gasteiger partial charge in [0.25, 0.3) is 5.56 Å². The van der Waals surface area contributed by atoms with Gasteiger partial charge >= 0.3 is 0 Å². The minimum Gasteiger partial charge on any atom is -0.325 e. The molecule has 0 aliphatic carbocycles. The molecule has 0 unspecified atom stereocenters. The van der Waals surface area contributed by atoms with Crippen molar-refractivity contribution in [2.75, 3.05) is 6.54 Å². The maximum Gasteiger partial charge on any atom is 0.266 e. The topological polar surface area (TPSA) is 94.0 Å². The van der Waals surface area contributed by atoms with Crippen LogP contribution < -0.4 is 5.56 Å². The average Bonchev–Trinajstić information content (AvgIpc) is 2.76. The molecule has 1 heterocycles. The van der Waals surface area contributed by atoms with E-state index in [2.05, 4.69) is 4.98 Å². The molecule has 0 aliphatic rings. The lowest BCUT2D eigenvalue weighted by atomic mass is 9.97. The second-order valence-corrected chi connectivity index (χ2v) is 9.34. The van der Waals surface area contributed by atoms with E-state index in [4.69, 9.17) is 0 Å². The second-order valence-electron chi connectivity index (χ2n) is 7.41. The van der Waals surface area contributed by atoms with Gasteiger partial charge in [-0.1, -0.05) is 49.4 Å². The van der Waals surface area contributed by atoms with E-state index >= 15 is 0 Å². The standard InChI is InChI=1S/C24H25N3O3S/c1-4-27(16-20-8-6-5-7-9-20)31(29,30)21-12-10-19(11-13-21)14-22-17(2)23(15-25)24(28)26-18(22)3/h5-13H,4,14,16H2,1-3H3,(H,26,28). The predicted octanol–water partition coefficient (Wildman–Crippen LogP) is 3.67. The third kappa shape index (κ3) is 4.76. The van der Waals surface area contributed by atoms with Gasteiger partial charge in [0.1, 0.15) is 11.6 Å². The van der Waals surface area contributed by atoms with Crippen LogP contribution in [0, 0.1) is 25.2 Å². The number of pyridine rings is 1. The van der Waals surface area contributed by atoms with Crippen LogP contribution in [0.25, 0.3) is 0 Å². The fraction of sp³-hybridized carbons (Fsp3) is 0.250. The molecule has 3 aromatic rings. The average molecular weight is 436 g/mol. The normalized spacial score (nSPS) is 11.5. The van der Waals surface area contributed by atoms with Crippen molar-refractivity contribution in [3.63, 3.8) is 0 Å². The van der Waals surface area contributed by atoms with Crippen LogP contribution in [0.3, 0.4) is 0 Å². The van der Waals surface area contributed by atoms with Crippen molar-refractivity contribution >= 4 is 10.0 Å². The molecular weight excluding hydrogens is 410 g/mol. The van der Waals surface area contributed by atoms with Gasteiger partial charge < -0.3 is 4.98 Å². The number of aromatic nitrogens is 1. The minimum atomic E-state index is -3.63. The number of H-pyrrole nitrogens is 1. The third-order valence-electron chi connectivity index (χ3n) is 5.42. The first-order valence-corrected chi connectivity index (χ1v) is 11.5. The number of nitriles is 1. The van der Waals surface area contributed by atoms with Gasteiger partial charge in [0.15, 0.2) is 0 Å². The lowest BCUT2D eigenvalue weighted by Gasteiger charge is -2.21. The van der Waals surface area contributed by atoms with Gasteiger partial charge in [-0.2, -0.15) is 9.57 Å². The molecule has 0 bridgehead atoms. The number of rotatable bonds is 7. The number of aryl methyl sites for hydroxylation is 1. The van der Waals surface area contributed by atoms with Gasteiger partial charge in [-0.05, 0) is 54.7 Å². The molecule has 160 valence electrons. The Morgan fingerprint density at radius 1 is 1.00 bits per heavy atom. The highest BCUT2D eigenvalue weighted by Gasteiger charge is 2.23. The number of aromatic amines is 1. The van der Waals surface area contributed by atoms with E-state index in [1.54, 1.807) is 38.1 Å². The minimum absolute atomic E-state index is 0.110. The lowest BCUT2D eigenvalue weighted by Crippen LogP contribution is -2.30. The highest BCUT2D eigenvalue weighted by molar-refractivity contribution is 7.89. The third-order valence-corrected chi connectivity index (χ3v) is 7.35. The molecule has 0 atom stereocenters. The summed E-state index contributed by atoms with van der Waals surface area (Å²) in [6.45, 7) is 6.06. The SMILES string of the molecule is CCN(Cc1ccccc1)S(=O)(=O)c1ccc(Cc2c(C)[nH]c(=O)c(C#N)c2C)cc1. The maximum atomic E-state index is 13.1. The van der Waals surface area contributed by atoms with Crippen LogP contribution in [-0.4, -0.2) is 24.3 Å². The summed E-state index contributed by atoms with van der Waals surface area (Å²) in [6.07, 6.45) is 0.491. The van der Waals surface area contributed by atoms with Crippen molar-refractivity contribution < 1.29 is 8.42 Å². The Bertz CT molecular complexity index is 1270. The highest BCUT2D eigenvalue weighted by Crippen LogP contribution is 2.22. The number of sulfonamides is 1. The zero-order valence-electron chi connectivity index (χ0n) is 17.8. The Hall–Kier alpha value is -3.21. The van der Waals surface area contributed by atoms with Crippen LogP contribution in [0.2, 0.25) is 0 Å². The van der Waals surface area contributed by atoms with Gasteiger partial charge in [-0.25, -0.2) is 8.42 Å². The molecule has 0 fully saturated rings. The van der Waals surface area contributed by atoms with E-state index in [-0.39, 0.29) is 16.0 Å². The number of nitrogens with one attached hydrogen (secondary N) is 1. The van der Waals surface area contributed by atoms with Crippen LogP contribution in [0.15, 0.2) is 64.3 Å². The molecule has 0 saturated carbocycles. The van der Waals surface area contributed by atoms with Gasteiger partial charge in [-0.15, -0.1) is 0 Å². The number of hydrogen-bond donors (Lipinski definition) is 1. The predicted molar refractivity (Wildman–Crippen MR) is 120 cm³/mol. The first-order chi connectivity index (χ1) is 14.8. The van der Waals surface area contributed by atoms with Crippen LogP contribution >= 0.6 is 0 Å². The zero-order valence-corrected chi connectivity index (χ0v) is 18.7. The molecule has 0 radical (unpaired) electrons. The molecule has 0 amide bonds. The molecule has 6 nitrogen and oxygen atoms in total. The summed E-state index contributed by atoms with van der Waals surface area (Å²) >= 11 is 0. The molecule has 7 heteroatoms. The molecule has 0 spiro atoms. The molecule has 3 rings (SSSR count). The van der Waals surface area contributed by atoms with E-state index in [1.807, 2.05) is 43.3 Å². The quantitative estimate of drug-likeness (QED) is 0.613. The smallest absolute Gasteiger partial charge is 0.266 e. The molecule has 1 N–H and O–H groups in total. The summed E-state index contributed by atoms with van der Waals surface area (Å²) in [5.41, 5.74) is 3.78. The van der Waals surface area contributed by atoms with Crippen molar-refractivity contribution in [1.82, 2.24) is 9.29 Å². The first kappa shape index (κ1) is 22.5.